The molecule has 0 aromatic heterocycles. The van der Waals surface area contributed by atoms with Crippen molar-refractivity contribution in [1.29, 1.82) is 0 Å². The molecule has 0 aliphatic rings. The van der Waals surface area contributed by atoms with Crippen molar-refractivity contribution in [1.82, 2.24) is 0 Å². The summed E-state index contributed by atoms with van der Waals surface area (Å²) in [6.07, 6.45) is 0.853. The fraction of sp³-hybridized carbons (Fsp3) is 0.333. The molecule has 0 radical (unpaired) electrons. The number of hydrogen-bond donors (Lipinski definition) is 2. The summed E-state index contributed by atoms with van der Waals surface area (Å²) < 4.78 is 4.94. The van der Waals surface area contributed by atoms with Crippen molar-refractivity contribution in [2.75, 3.05) is 25.2 Å². The first-order chi connectivity index (χ1) is 5.72. The zero-order valence-electron chi connectivity index (χ0n) is 7.21. The molecule has 0 heterocycles. The molecule has 3 nitrogen and oxygen atoms in total. The molecular weight excluding hydrogens is 152 g/mol. The van der Waals surface area contributed by atoms with Crippen molar-refractivity contribution < 1.29 is 4.74 Å². The van der Waals surface area contributed by atoms with Crippen LogP contribution in [0.5, 0.6) is 0 Å². The molecule has 0 fully saturated rings. The van der Waals surface area contributed by atoms with Gasteiger partial charge < -0.3 is 16.2 Å². The van der Waals surface area contributed by atoms with Gasteiger partial charge in [0.1, 0.15) is 0 Å². The molecular formula is C9H14N2O. The summed E-state index contributed by atoms with van der Waals surface area (Å²) in [5.41, 5.74) is 13.8. The molecule has 4 N–H and O–H groups in total. The van der Waals surface area contributed by atoms with Gasteiger partial charge in [0, 0.05) is 18.5 Å². The highest BCUT2D eigenvalue weighted by molar-refractivity contribution is 5.54. The summed E-state index contributed by atoms with van der Waals surface area (Å²) in [4.78, 5) is 0. The summed E-state index contributed by atoms with van der Waals surface area (Å²) >= 11 is 0. The van der Waals surface area contributed by atoms with E-state index in [1.807, 2.05) is 12.1 Å². The molecule has 0 spiro atoms. The van der Waals surface area contributed by atoms with Crippen LogP contribution in [0.25, 0.3) is 0 Å². The minimum Gasteiger partial charge on any atom is -0.399 e. The van der Waals surface area contributed by atoms with Crippen LogP contribution in [-0.4, -0.2) is 13.7 Å². The van der Waals surface area contributed by atoms with E-state index in [9.17, 15) is 0 Å². The molecule has 0 unspecified atom stereocenters. The zero-order valence-corrected chi connectivity index (χ0v) is 7.21. The Kier molecular flexibility index (Phi) is 2.94. The lowest BCUT2D eigenvalue weighted by molar-refractivity contribution is 0.202. The summed E-state index contributed by atoms with van der Waals surface area (Å²) in [6.45, 7) is 0.697. The van der Waals surface area contributed by atoms with Crippen LogP contribution in [0.1, 0.15) is 5.56 Å². The van der Waals surface area contributed by atoms with Crippen LogP contribution in [0.3, 0.4) is 0 Å². The number of nitrogen functional groups attached to an aromatic ring is 2. The highest BCUT2D eigenvalue weighted by Crippen LogP contribution is 2.13. The van der Waals surface area contributed by atoms with Gasteiger partial charge in [-0.15, -0.1) is 0 Å². The van der Waals surface area contributed by atoms with Crippen LogP contribution < -0.4 is 11.5 Å². The van der Waals surface area contributed by atoms with Gasteiger partial charge in [0.15, 0.2) is 0 Å². The van der Waals surface area contributed by atoms with E-state index in [4.69, 9.17) is 16.2 Å². The molecule has 0 amide bonds. The van der Waals surface area contributed by atoms with E-state index in [1.54, 1.807) is 13.2 Å². The quantitative estimate of drug-likeness (QED) is 0.659. The first-order valence-electron chi connectivity index (χ1n) is 3.86. The number of hydrogen-bond acceptors (Lipinski definition) is 3. The van der Waals surface area contributed by atoms with Crippen LogP contribution in [0, 0.1) is 0 Å². The van der Waals surface area contributed by atoms with Crippen LogP contribution in [0.2, 0.25) is 0 Å². The molecule has 0 aliphatic heterocycles. The number of methoxy groups -OCH3 is 1. The minimum atomic E-state index is 0.697. The van der Waals surface area contributed by atoms with Crippen molar-refractivity contribution in [3.63, 3.8) is 0 Å². The maximum Gasteiger partial charge on any atom is 0.0502 e. The van der Waals surface area contributed by atoms with Crippen molar-refractivity contribution in [2.24, 2.45) is 0 Å². The number of nitrogens with two attached hydrogens (primary N) is 2. The monoisotopic (exact) mass is 166 g/mol. The molecule has 1 rings (SSSR count). The van der Waals surface area contributed by atoms with Crippen LogP contribution in [0.4, 0.5) is 11.4 Å². The minimum absolute atomic E-state index is 0.697. The summed E-state index contributed by atoms with van der Waals surface area (Å²) in [5.74, 6) is 0. The predicted octanol–water partition coefficient (Wildman–Crippen LogP) is 1.04. The van der Waals surface area contributed by atoms with Gasteiger partial charge in [0.25, 0.3) is 0 Å². The van der Waals surface area contributed by atoms with E-state index in [0.717, 1.165) is 12.0 Å². The maximum atomic E-state index is 5.61. The fourth-order valence-corrected chi connectivity index (χ4v) is 1.11. The average molecular weight is 166 g/mol. The molecule has 0 saturated heterocycles. The Morgan fingerprint density at radius 3 is 2.25 bits per heavy atom. The molecule has 0 aliphatic carbocycles. The lowest BCUT2D eigenvalue weighted by Crippen LogP contribution is -1.97. The second-order valence-corrected chi connectivity index (χ2v) is 2.75. The van der Waals surface area contributed by atoms with E-state index in [2.05, 4.69) is 0 Å². The topological polar surface area (TPSA) is 61.3 Å². The molecule has 3 heteroatoms. The van der Waals surface area contributed by atoms with Gasteiger partial charge in [0.2, 0.25) is 0 Å². The molecule has 0 atom stereocenters. The highest BCUT2D eigenvalue weighted by Gasteiger charge is 1.95. The van der Waals surface area contributed by atoms with Crippen molar-refractivity contribution >= 4 is 11.4 Å². The normalized spacial score (nSPS) is 10.1. The van der Waals surface area contributed by atoms with Gasteiger partial charge in [0.05, 0.1) is 6.61 Å². The zero-order chi connectivity index (χ0) is 8.97. The SMILES string of the molecule is COCCc1cc(N)cc(N)c1. The third-order valence-corrected chi connectivity index (χ3v) is 1.63. The Labute approximate surface area is 72.3 Å². The van der Waals surface area contributed by atoms with Crippen LogP contribution >= 0.6 is 0 Å². The van der Waals surface area contributed by atoms with E-state index in [-0.39, 0.29) is 0 Å². The largest absolute Gasteiger partial charge is 0.399 e. The van der Waals surface area contributed by atoms with Gasteiger partial charge >= 0.3 is 0 Å². The Morgan fingerprint density at radius 1 is 1.17 bits per heavy atom. The Balaban J connectivity index is 2.72. The number of ether oxygens (including phenoxy) is 1. The summed E-state index contributed by atoms with van der Waals surface area (Å²) in [7, 11) is 1.68. The average Bonchev–Trinajstić information content (AvgIpc) is 1.99. The van der Waals surface area contributed by atoms with Gasteiger partial charge in [-0.2, -0.15) is 0 Å². The van der Waals surface area contributed by atoms with Gasteiger partial charge in [-0.1, -0.05) is 0 Å². The first kappa shape index (κ1) is 8.87. The first-order valence-corrected chi connectivity index (χ1v) is 3.86. The Bertz CT molecular complexity index is 240. The Morgan fingerprint density at radius 2 is 1.75 bits per heavy atom. The molecule has 12 heavy (non-hydrogen) atoms. The van der Waals surface area contributed by atoms with E-state index < -0.39 is 0 Å². The smallest absolute Gasteiger partial charge is 0.0502 e. The second-order valence-electron chi connectivity index (χ2n) is 2.75. The lowest BCUT2D eigenvalue weighted by Gasteiger charge is -2.03. The summed E-state index contributed by atoms with van der Waals surface area (Å²) in [5, 5.41) is 0. The second kappa shape index (κ2) is 3.97. The van der Waals surface area contributed by atoms with Gasteiger partial charge in [-0.25, -0.2) is 0 Å². The maximum absolute atomic E-state index is 5.61. The number of rotatable bonds is 3. The predicted molar refractivity (Wildman–Crippen MR) is 50.8 cm³/mol. The van der Waals surface area contributed by atoms with E-state index >= 15 is 0 Å². The molecule has 0 saturated carbocycles. The van der Waals surface area contributed by atoms with Crippen molar-refractivity contribution in [3.05, 3.63) is 23.8 Å². The Hall–Kier alpha value is -1.22. The molecule has 0 bridgehead atoms. The highest BCUT2D eigenvalue weighted by atomic mass is 16.5. The van der Waals surface area contributed by atoms with Gasteiger partial charge in [-0.05, 0) is 30.2 Å². The number of benzene rings is 1. The lowest BCUT2D eigenvalue weighted by atomic mass is 10.1. The third-order valence-electron chi connectivity index (χ3n) is 1.63. The van der Waals surface area contributed by atoms with Crippen LogP contribution in [0.15, 0.2) is 18.2 Å². The van der Waals surface area contributed by atoms with Gasteiger partial charge in [-0.3, -0.25) is 0 Å². The summed E-state index contributed by atoms with van der Waals surface area (Å²) in [6, 6.07) is 5.57. The van der Waals surface area contributed by atoms with Crippen molar-refractivity contribution in [2.45, 2.75) is 6.42 Å². The standard InChI is InChI=1S/C9H14N2O/c1-12-3-2-7-4-8(10)6-9(11)5-7/h4-6H,2-3,10-11H2,1H3. The molecule has 1 aromatic carbocycles. The van der Waals surface area contributed by atoms with E-state index in [1.165, 1.54) is 0 Å². The molecule has 1 aromatic rings. The number of anilines is 2. The van der Waals surface area contributed by atoms with Crippen molar-refractivity contribution in [3.8, 4) is 0 Å². The third kappa shape index (κ3) is 2.43. The van der Waals surface area contributed by atoms with E-state index in [0.29, 0.717) is 18.0 Å². The molecule has 66 valence electrons. The van der Waals surface area contributed by atoms with Crippen LogP contribution in [-0.2, 0) is 11.2 Å². The fourth-order valence-electron chi connectivity index (χ4n) is 1.11.